The lowest BCUT2D eigenvalue weighted by Gasteiger charge is -2.17. The van der Waals surface area contributed by atoms with Crippen molar-refractivity contribution in [2.24, 2.45) is 0 Å². The zero-order valence-corrected chi connectivity index (χ0v) is 18.6. The third-order valence-electron chi connectivity index (χ3n) is 4.39. The van der Waals surface area contributed by atoms with Crippen LogP contribution < -0.4 is 10.8 Å². The summed E-state index contributed by atoms with van der Waals surface area (Å²) in [5.41, 5.74) is 3.18. The fourth-order valence-electron chi connectivity index (χ4n) is 3.05. The van der Waals surface area contributed by atoms with Crippen LogP contribution in [0.4, 0.5) is 15.8 Å². The van der Waals surface area contributed by atoms with Crippen LogP contribution in [0.3, 0.4) is 0 Å². The predicted octanol–water partition coefficient (Wildman–Crippen LogP) is 4.75. The summed E-state index contributed by atoms with van der Waals surface area (Å²) in [6.07, 6.45) is 3.00. The standard InChI is InChI=1S/C20H19BrFN3O4S/c1-20(2)27-9-12(29-20)10-28-25-19(26)18-17(13-5-6-23-8-16(13)30-18)24-15-4-3-11(21)7-14(15)22/h3-8,12,24H,9-10H2,1-2H3,(H,25,26)/t12-/m1/s1. The molecule has 2 N–H and O–H groups in total. The summed E-state index contributed by atoms with van der Waals surface area (Å²) in [6.45, 7) is 4.16. The van der Waals surface area contributed by atoms with E-state index in [4.69, 9.17) is 14.3 Å². The minimum atomic E-state index is -0.664. The van der Waals surface area contributed by atoms with Crippen molar-refractivity contribution in [1.82, 2.24) is 10.5 Å². The van der Waals surface area contributed by atoms with Crippen LogP contribution in [0.5, 0.6) is 0 Å². The lowest BCUT2D eigenvalue weighted by Crippen LogP contribution is -2.30. The van der Waals surface area contributed by atoms with Gasteiger partial charge in [-0.15, -0.1) is 11.3 Å². The number of nitrogens with one attached hydrogen (secondary N) is 2. The van der Waals surface area contributed by atoms with Crippen LogP contribution in [0.25, 0.3) is 10.1 Å². The van der Waals surface area contributed by atoms with Gasteiger partial charge in [-0.2, -0.15) is 0 Å². The van der Waals surface area contributed by atoms with E-state index < -0.39 is 17.5 Å². The van der Waals surface area contributed by atoms with Gasteiger partial charge in [0.05, 0.1) is 22.7 Å². The van der Waals surface area contributed by atoms with Gasteiger partial charge in [0.25, 0.3) is 5.91 Å². The molecule has 0 spiro atoms. The molecule has 1 aliphatic heterocycles. The van der Waals surface area contributed by atoms with Crippen LogP contribution >= 0.6 is 27.3 Å². The van der Waals surface area contributed by atoms with Crippen molar-refractivity contribution in [2.75, 3.05) is 18.5 Å². The number of hydrogen-bond donors (Lipinski definition) is 2. The molecule has 4 rings (SSSR count). The summed E-state index contributed by atoms with van der Waals surface area (Å²) in [7, 11) is 0. The molecule has 0 unspecified atom stereocenters. The van der Waals surface area contributed by atoms with Crippen LogP contribution in [0.15, 0.2) is 41.1 Å². The second kappa shape index (κ2) is 8.56. The molecule has 0 aliphatic carbocycles. The van der Waals surface area contributed by atoms with Crippen LogP contribution in [-0.4, -0.2) is 36.0 Å². The number of benzene rings is 1. The van der Waals surface area contributed by atoms with Crippen LogP contribution in [0.1, 0.15) is 23.5 Å². The van der Waals surface area contributed by atoms with Gasteiger partial charge >= 0.3 is 0 Å². The van der Waals surface area contributed by atoms with E-state index in [1.807, 2.05) is 13.8 Å². The number of halogens is 2. The SMILES string of the molecule is CC1(C)OC[C@H](CONC(=O)c2sc3cnccc3c2Nc2ccc(Br)cc2F)O1. The van der Waals surface area contributed by atoms with E-state index in [1.54, 1.807) is 30.6 Å². The zero-order valence-electron chi connectivity index (χ0n) is 16.2. The maximum Gasteiger partial charge on any atom is 0.287 e. The van der Waals surface area contributed by atoms with E-state index in [9.17, 15) is 9.18 Å². The summed E-state index contributed by atoms with van der Waals surface area (Å²) < 4.78 is 26.9. The summed E-state index contributed by atoms with van der Waals surface area (Å²) in [5, 5.41) is 3.80. The molecule has 7 nitrogen and oxygen atoms in total. The van der Waals surface area contributed by atoms with Crippen molar-refractivity contribution in [3.8, 4) is 0 Å². The van der Waals surface area contributed by atoms with Gasteiger partial charge in [-0.05, 0) is 38.1 Å². The van der Waals surface area contributed by atoms with Crippen molar-refractivity contribution in [3.05, 3.63) is 51.8 Å². The second-order valence-corrected chi connectivity index (χ2v) is 9.09. The Morgan fingerprint density at radius 3 is 3.00 bits per heavy atom. The van der Waals surface area contributed by atoms with E-state index >= 15 is 0 Å². The molecule has 10 heteroatoms. The van der Waals surface area contributed by atoms with Crippen LogP contribution in [-0.2, 0) is 14.3 Å². The van der Waals surface area contributed by atoms with Crippen molar-refractivity contribution in [2.45, 2.75) is 25.7 Å². The molecule has 158 valence electrons. The molecule has 1 saturated heterocycles. The summed E-state index contributed by atoms with van der Waals surface area (Å²) in [6, 6.07) is 6.44. The number of ether oxygens (including phenoxy) is 2. The molecule has 3 aromatic rings. The fraction of sp³-hybridized carbons (Fsp3) is 0.300. The third-order valence-corrected chi connectivity index (χ3v) is 6.02. The first-order valence-electron chi connectivity index (χ1n) is 9.15. The van der Waals surface area contributed by atoms with Crippen molar-refractivity contribution in [3.63, 3.8) is 0 Å². The summed E-state index contributed by atoms with van der Waals surface area (Å²) in [4.78, 5) is 22.6. The van der Waals surface area contributed by atoms with Gasteiger partial charge in [-0.1, -0.05) is 15.9 Å². The highest BCUT2D eigenvalue weighted by atomic mass is 79.9. The number of anilines is 2. The first-order valence-corrected chi connectivity index (χ1v) is 10.8. The lowest BCUT2D eigenvalue weighted by atomic mass is 10.2. The smallest absolute Gasteiger partial charge is 0.287 e. The van der Waals surface area contributed by atoms with Gasteiger partial charge in [0.2, 0.25) is 0 Å². The maximum absolute atomic E-state index is 14.4. The van der Waals surface area contributed by atoms with Crippen LogP contribution in [0, 0.1) is 5.82 Å². The number of carbonyl (C=O) groups excluding carboxylic acids is 1. The van der Waals surface area contributed by atoms with E-state index in [1.165, 1.54) is 17.4 Å². The fourth-order valence-corrected chi connectivity index (χ4v) is 4.40. The Morgan fingerprint density at radius 2 is 2.27 bits per heavy atom. The molecule has 0 bridgehead atoms. The van der Waals surface area contributed by atoms with Gasteiger partial charge in [0.15, 0.2) is 5.79 Å². The molecular weight excluding hydrogens is 477 g/mol. The van der Waals surface area contributed by atoms with Crippen LogP contribution in [0.2, 0.25) is 0 Å². The second-order valence-electron chi connectivity index (χ2n) is 7.12. The Morgan fingerprint density at radius 1 is 1.43 bits per heavy atom. The van der Waals surface area contributed by atoms with Crippen molar-refractivity contribution in [1.29, 1.82) is 0 Å². The Labute approximate surface area is 184 Å². The minimum absolute atomic E-state index is 0.145. The van der Waals surface area contributed by atoms with Gasteiger partial charge in [0.1, 0.15) is 23.4 Å². The highest BCUT2D eigenvalue weighted by Gasteiger charge is 2.33. The number of carbonyl (C=O) groups is 1. The quantitative estimate of drug-likeness (QED) is 0.480. The minimum Gasteiger partial charge on any atom is -0.351 e. The molecule has 1 aliphatic rings. The van der Waals surface area contributed by atoms with Crippen molar-refractivity contribution >= 4 is 54.6 Å². The number of fused-ring (bicyclic) bond motifs is 1. The number of aromatic nitrogens is 1. The van der Waals surface area contributed by atoms with E-state index in [0.29, 0.717) is 21.6 Å². The number of thiophene rings is 1. The first-order chi connectivity index (χ1) is 14.3. The predicted molar refractivity (Wildman–Crippen MR) is 115 cm³/mol. The highest BCUT2D eigenvalue weighted by Crippen LogP contribution is 2.38. The lowest BCUT2D eigenvalue weighted by molar-refractivity contribution is -0.147. The molecule has 0 saturated carbocycles. The van der Waals surface area contributed by atoms with Gasteiger partial charge in [-0.25, -0.2) is 9.87 Å². The molecular formula is C20H19BrFN3O4S. The topological polar surface area (TPSA) is 81.7 Å². The first kappa shape index (κ1) is 21.1. The number of hydrogen-bond acceptors (Lipinski definition) is 7. The molecule has 1 aromatic carbocycles. The van der Waals surface area contributed by atoms with E-state index in [-0.39, 0.29) is 18.4 Å². The number of pyridine rings is 1. The number of rotatable bonds is 6. The molecule has 0 radical (unpaired) electrons. The molecule has 1 fully saturated rings. The Hall–Kier alpha value is -2.11. The normalized spacial score (nSPS) is 17.9. The molecule has 2 aromatic heterocycles. The van der Waals surface area contributed by atoms with Gasteiger partial charge in [0, 0.05) is 22.3 Å². The monoisotopic (exact) mass is 495 g/mol. The summed E-state index contributed by atoms with van der Waals surface area (Å²) >= 11 is 4.48. The molecule has 1 atom stereocenters. The van der Waals surface area contributed by atoms with Gasteiger partial charge in [-0.3, -0.25) is 14.6 Å². The number of hydroxylamine groups is 1. The number of nitrogens with zero attached hydrogens (tertiary/aromatic N) is 1. The molecule has 1 amide bonds. The Balaban J connectivity index is 1.53. The number of amides is 1. The Bertz CT molecular complexity index is 1090. The zero-order chi connectivity index (χ0) is 21.3. The summed E-state index contributed by atoms with van der Waals surface area (Å²) in [5.74, 6) is -1.56. The van der Waals surface area contributed by atoms with E-state index in [2.05, 4.69) is 31.7 Å². The van der Waals surface area contributed by atoms with Gasteiger partial charge < -0.3 is 14.8 Å². The van der Waals surface area contributed by atoms with E-state index in [0.717, 1.165) is 10.1 Å². The third kappa shape index (κ3) is 4.62. The molecule has 3 heterocycles. The highest BCUT2D eigenvalue weighted by molar-refractivity contribution is 9.10. The Kier molecular flexibility index (Phi) is 6.03. The average Bonchev–Trinajstić information content (AvgIpc) is 3.24. The average molecular weight is 496 g/mol. The van der Waals surface area contributed by atoms with Crippen molar-refractivity contribution < 1.29 is 23.5 Å². The molecule has 30 heavy (non-hydrogen) atoms. The largest absolute Gasteiger partial charge is 0.351 e. The maximum atomic E-state index is 14.4.